The Balaban J connectivity index is 2.26. The molecule has 8 nitrogen and oxygen atoms in total. The van der Waals surface area contributed by atoms with Crippen molar-refractivity contribution < 1.29 is 27.4 Å². The third-order valence-corrected chi connectivity index (χ3v) is 7.11. The molecule has 182 valence electrons. The molecule has 0 spiro atoms. The molecular formula is C23H25F2N3O5S. The first-order chi connectivity index (χ1) is 15.9. The molecule has 1 aliphatic heterocycles. The second-order valence-corrected chi connectivity index (χ2v) is 10.9. The van der Waals surface area contributed by atoms with Gasteiger partial charge >= 0.3 is 0 Å². The zero-order chi connectivity index (χ0) is 25.1. The van der Waals surface area contributed by atoms with Crippen LogP contribution in [0.1, 0.15) is 44.4 Å². The molecule has 0 radical (unpaired) electrons. The average Bonchev–Trinajstić information content (AvgIpc) is 2.78. The monoisotopic (exact) mass is 493 g/mol. The van der Waals surface area contributed by atoms with E-state index < -0.39 is 63.5 Å². The second kappa shape index (κ2) is 9.74. The maximum atomic E-state index is 16.1. The Kier molecular flexibility index (Phi) is 7.35. The summed E-state index contributed by atoms with van der Waals surface area (Å²) in [5.74, 6) is -3.73. The average molecular weight is 494 g/mol. The van der Waals surface area contributed by atoms with Crippen molar-refractivity contribution in [3.05, 3.63) is 69.8 Å². The SMILES string of the molecule is CC(C)(C)[S@@](=O)NC1(C(F)(F)COCC#N)CC(c2ccccc2)Oc2ccc([N+](=O)[O-])cc21. The molecule has 0 aliphatic carbocycles. The molecule has 3 rings (SSSR count). The Morgan fingerprint density at radius 1 is 1.29 bits per heavy atom. The number of nitriles is 1. The van der Waals surface area contributed by atoms with Gasteiger partial charge in [-0.3, -0.25) is 10.1 Å². The van der Waals surface area contributed by atoms with E-state index in [9.17, 15) is 14.3 Å². The number of rotatable bonds is 8. The first-order valence-corrected chi connectivity index (χ1v) is 11.6. The number of halogens is 2. The van der Waals surface area contributed by atoms with Gasteiger partial charge < -0.3 is 9.47 Å². The van der Waals surface area contributed by atoms with Crippen LogP contribution in [0.15, 0.2) is 48.5 Å². The smallest absolute Gasteiger partial charge is 0.293 e. The van der Waals surface area contributed by atoms with Crippen LogP contribution in [0.25, 0.3) is 0 Å². The molecule has 1 heterocycles. The Bertz CT molecular complexity index is 1120. The van der Waals surface area contributed by atoms with Crippen molar-refractivity contribution in [1.29, 1.82) is 5.26 Å². The molecule has 0 saturated heterocycles. The number of alkyl halides is 2. The zero-order valence-electron chi connectivity index (χ0n) is 18.9. The number of ether oxygens (including phenoxy) is 2. The molecule has 0 aromatic heterocycles. The van der Waals surface area contributed by atoms with E-state index in [1.54, 1.807) is 57.2 Å². The molecule has 0 bridgehead atoms. The first kappa shape index (κ1) is 25.7. The van der Waals surface area contributed by atoms with E-state index in [1.807, 2.05) is 0 Å². The van der Waals surface area contributed by atoms with E-state index >= 15 is 8.78 Å². The van der Waals surface area contributed by atoms with Crippen molar-refractivity contribution >= 4 is 16.7 Å². The standard InChI is InChI=1S/C23H25F2N3O5S/c1-21(2,3)34(31)27-22(23(24,25)15-32-12-11-26)14-20(16-7-5-4-6-8-16)33-19-10-9-17(28(29)30)13-18(19)22/h4-10,13,20,27H,12,14-15H2,1-3H3/t20?,22?,34-/m1/s1. The van der Waals surface area contributed by atoms with Crippen LogP contribution >= 0.6 is 0 Å². The van der Waals surface area contributed by atoms with Crippen LogP contribution in [0.4, 0.5) is 14.5 Å². The van der Waals surface area contributed by atoms with Crippen molar-refractivity contribution in [2.75, 3.05) is 13.2 Å². The molecule has 2 aromatic rings. The molecule has 34 heavy (non-hydrogen) atoms. The lowest BCUT2D eigenvalue weighted by atomic mass is 9.76. The number of fused-ring (bicyclic) bond motifs is 1. The van der Waals surface area contributed by atoms with Crippen molar-refractivity contribution in [2.24, 2.45) is 0 Å². The van der Waals surface area contributed by atoms with Gasteiger partial charge in [0.1, 0.15) is 30.6 Å². The van der Waals surface area contributed by atoms with E-state index in [4.69, 9.17) is 14.7 Å². The van der Waals surface area contributed by atoms with E-state index in [0.717, 1.165) is 6.07 Å². The van der Waals surface area contributed by atoms with Crippen LogP contribution in [0, 0.1) is 21.4 Å². The summed E-state index contributed by atoms with van der Waals surface area (Å²) in [7, 11) is -2.00. The van der Waals surface area contributed by atoms with E-state index in [0.29, 0.717) is 5.56 Å². The van der Waals surface area contributed by atoms with Crippen LogP contribution in [-0.4, -0.2) is 33.0 Å². The Morgan fingerprint density at radius 2 is 1.97 bits per heavy atom. The van der Waals surface area contributed by atoms with Gasteiger partial charge in [-0.15, -0.1) is 0 Å². The molecule has 3 atom stereocenters. The van der Waals surface area contributed by atoms with Crippen LogP contribution in [0.2, 0.25) is 0 Å². The minimum Gasteiger partial charge on any atom is -0.485 e. The number of nitrogens with zero attached hydrogens (tertiary/aromatic N) is 2. The van der Waals surface area contributed by atoms with Gasteiger partial charge in [-0.2, -0.15) is 5.26 Å². The van der Waals surface area contributed by atoms with E-state index in [1.165, 1.54) is 12.1 Å². The fourth-order valence-electron chi connectivity index (χ4n) is 3.68. The first-order valence-electron chi connectivity index (χ1n) is 10.4. The van der Waals surface area contributed by atoms with Gasteiger partial charge in [-0.05, 0) is 32.4 Å². The molecule has 2 unspecified atom stereocenters. The maximum Gasteiger partial charge on any atom is 0.293 e. The van der Waals surface area contributed by atoms with Gasteiger partial charge in [0, 0.05) is 24.1 Å². The van der Waals surface area contributed by atoms with Crippen LogP contribution < -0.4 is 9.46 Å². The van der Waals surface area contributed by atoms with Crippen LogP contribution in [0.3, 0.4) is 0 Å². The predicted octanol–water partition coefficient (Wildman–Crippen LogP) is 4.54. The highest BCUT2D eigenvalue weighted by Crippen LogP contribution is 2.53. The summed E-state index contributed by atoms with van der Waals surface area (Å²) in [6.07, 6.45) is -1.27. The van der Waals surface area contributed by atoms with Gasteiger partial charge in [-0.25, -0.2) is 17.7 Å². The highest BCUT2D eigenvalue weighted by atomic mass is 32.2. The zero-order valence-corrected chi connectivity index (χ0v) is 19.7. The molecule has 1 aliphatic rings. The molecule has 1 N–H and O–H groups in total. The topological polar surface area (TPSA) is 114 Å². The van der Waals surface area contributed by atoms with Crippen LogP contribution in [-0.2, 0) is 21.3 Å². The number of nitrogens with one attached hydrogen (secondary N) is 1. The number of nitro benzene ring substituents is 1. The highest BCUT2D eigenvalue weighted by Gasteiger charge is 2.61. The van der Waals surface area contributed by atoms with Crippen LogP contribution in [0.5, 0.6) is 5.75 Å². The number of hydrogen-bond donors (Lipinski definition) is 1. The Morgan fingerprint density at radius 3 is 2.56 bits per heavy atom. The summed E-state index contributed by atoms with van der Waals surface area (Å²) in [4.78, 5) is 10.8. The van der Waals surface area contributed by atoms with Gasteiger partial charge in [0.15, 0.2) is 0 Å². The van der Waals surface area contributed by atoms with Gasteiger partial charge in [0.2, 0.25) is 0 Å². The number of benzene rings is 2. The summed E-state index contributed by atoms with van der Waals surface area (Å²) in [6, 6.07) is 13.8. The Hall–Kier alpha value is -2.94. The third kappa shape index (κ3) is 5.09. The number of nitro groups is 1. The highest BCUT2D eigenvalue weighted by molar-refractivity contribution is 7.84. The summed E-state index contributed by atoms with van der Waals surface area (Å²) in [6.45, 7) is 3.12. The maximum absolute atomic E-state index is 16.1. The minimum absolute atomic E-state index is 0.00377. The molecule has 2 aromatic carbocycles. The predicted molar refractivity (Wildman–Crippen MR) is 122 cm³/mol. The largest absolute Gasteiger partial charge is 0.485 e. The second-order valence-electron chi connectivity index (χ2n) is 8.90. The van der Waals surface area contributed by atoms with Crippen molar-refractivity contribution in [3.63, 3.8) is 0 Å². The molecule has 11 heteroatoms. The van der Waals surface area contributed by atoms with E-state index in [-0.39, 0.29) is 11.3 Å². The van der Waals surface area contributed by atoms with Crippen molar-refractivity contribution in [1.82, 2.24) is 4.72 Å². The lowest BCUT2D eigenvalue weighted by molar-refractivity contribution is -0.385. The van der Waals surface area contributed by atoms with Gasteiger partial charge in [-0.1, -0.05) is 30.3 Å². The molecule has 0 saturated carbocycles. The van der Waals surface area contributed by atoms with Gasteiger partial charge in [0.25, 0.3) is 11.6 Å². The number of hydrogen-bond acceptors (Lipinski definition) is 6. The lowest BCUT2D eigenvalue weighted by Gasteiger charge is -2.47. The normalized spacial score (nSPS) is 21.1. The minimum atomic E-state index is -3.73. The van der Waals surface area contributed by atoms with Crippen molar-refractivity contribution in [3.8, 4) is 11.8 Å². The van der Waals surface area contributed by atoms with E-state index in [2.05, 4.69) is 4.72 Å². The summed E-state index contributed by atoms with van der Waals surface area (Å²) in [5, 5.41) is 20.2. The molecular weight excluding hydrogens is 468 g/mol. The number of non-ortho nitro benzene ring substituents is 1. The molecule has 0 fully saturated rings. The lowest BCUT2D eigenvalue weighted by Crippen LogP contribution is -2.62. The summed E-state index contributed by atoms with van der Waals surface area (Å²) < 4.78 is 57.9. The Labute approximate surface area is 198 Å². The summed E-state index contributed by atoms with van der Waals surface area (Å²) >= 11 is 0. The van der Waals surface area contributed by atoms with Gasteiger partial charge in [0.05, 0.1) is 26.7 Å². The third-order valence-electron chi connectivity index (χ3n) is 5.46. The quantitative estimate of drug-likeness (QED) is 0.328. The fraction of sp³-hybridized carbons (Fsp3) is 0.435. The van der Waals surface area contributed by atoms with Crippen molar-refractivity contribution in [2.45, 2.75) is 49.5 Å². The fourth-order valence-corrected chi connectivity index (χ4v) is 4.65. The summed E-state index contributed by atoms with van der Waals surface area (Å²) in [5.41, 5.74) is -2.37. The molecule has 0 amide bonds.